The predicted octanol–water partition coefficient (Wildman–Crippen LogP) is 3.89. The predicted molar refractivity (Wildman–Crippen MR) is 65.5 cm³/mol. The molecule has 14 heavy (non-hydrogen) atoms. The fourth-order valence-electron chi connectivity index (χ4n) is 1.61. The summed E-state index contributed by atoms with van der Waals surface area (Å²) in [6.07, 6.45) is 9.05. The molecule has 0 bridgehead atoms. The standard InChI is InChI=1S/C13H28N/c1-4-7-10-13-14(11-8-5-2)12-9-6-3/h1,4-13H2,2-3H3. The lowest BCUT2D eigenvalue weighted by atomic mass is 10.2. The van der Waals surface area contributed by atoms with Gasteiger partial charge in [0, 0.05) is 0 Å². The van der Waals surface area contributed by atoms with Gasteiger partial charge >= 0.3 is 0 Å². The maximum absolute atomic E-state index is 3.89. The first-order chi connectivity index (χ1) is 6.85. The van der Waals surface area contributed by atoms with Crippen molar-refractivity contribution in [3.8, 4) is 0 Å². The van der Waals surface area contributed by atoms with Crippen LogP contribution in [0.5, 0.6) is 0 Å². The van der Waals surface area contributed by atoms with Crippen LogP contribution in [0, 0.1) is 6.92 Å². The van der Waals surface area contributed by atoms with Crippen molar-refractivity contribution in [1.82, 2.24) is 4.90 Å². The van der Waals surface area contributed by atoms with E-state index in [4.69, 9.17) is 0 Å². The van der Waals surface area contributed by atoms with E-state index in [0.29, 0.717) is 0 Å². The molecule has 1 heteroatoms. The number of hydrogen-bond acceptors (Lipinski definition) is 1. The Morgan fingerprint density at radius 2 is 1.29 bits per heavy atom. The summed E-state index contributed by atoms with van der Waals surface area (Å²) in [5.74, 6) is 0. The second-order valence-electron chi connectivity index (χ2n) is 4.11. The largest absolute Gasteiger partial charge is 0.303 e. The molecule has 0 spiro atoms. The summed E-state index contributed by atoms with van der Waals surface area (Å²) in [7, 11) is 0. The van der Waals surface area contributed by atoms with Gasteiger partial charge in [0.15, 0.2) is 0 Å². The molecule has 0 fully saturated rings. The number of nitrogens with zero attached hydrogens (tertiary/aromatic N) is 1. The molecule has 0 heterocycles. The maximum atomic E-state index is 3.89. The van der Waals surface area contributed by atoms with Crippen molar-refractivity contribution >= 4 is 0 Å². The lowest BCUT2D eigenvalue weighted by molar-refractivity contribution is 0.260. The van der Waals surface area contributed by atoms with Gasteiger partial charge in [-0.2, -0.15) is 0 Å². The van der Waals surface area contributed by atoms with Crippen molar-refractivity contribution in [2.45, 2.75) is 58.8 Å². The highest BCUT2D eigenvalue weighted by Crippen LogP contribution is 2.02. The van der Waals surface area contributed by atoms with E-state index < -0.39 is 0 Å². The highest BCUT2D eigenvalue weighted by molar-refractivity contribution is 4.58. The van der Waals surface area contributed by atoms with E-state index >= 15 is 0 Å². The summed E-state index contributed by atoms with van der Waals surface area (Å²) in [6, 6.07) is 0. The van der Waals surface area contributed by atoms with Gasteiger partial charge in [0.2, 0.25) is 0 Å². The number of rotatable bonds is 10. The van der Waals surface area contributed by atoms with Crippen LogP contribution in [0.3, 0.4) is 0 Å². The van der Waals surface area contributed by atoms with Crippen LogP contribution >= 0.6 is 0 Å². The number of hydrogen-bond donors (Lipinski definition) is 0. The van der Waals surface area contributed by atoms with Gasteiger partial charge in [-0.05, 0) is 38.9 Å². The van der Waals surface area contributed by atoms with Gasteiger partial charge in [0.05, 0.1) is 0 Å². The summed E-state index contributed by atoms with van der Waals surface area (Å²) in [5, 5.41) is 0. The van der Waals surface area contributed by atoms with E-state index in [1.807, 2.05) is 0 Å². The smallest absolute Gasteiger partial charge is 0.00187 e. The van der Waals surface area contributed by atoms with E-state index in [1.54, 1.807) is 0 Å². The van der Waals surface area contributed by atoms with Crippen LogP contribution in [0.25, 0.3) is 0 Å². The summed E-state index contributed by atoms with van der Waals surface area (Å²) in [6.45, 7) is 12.3. The maximum Gasteiger partial charge on any atom is -0.00187 e. The van der Waals surface area contributed by atoms with Gasteiger partial charge in [-0.15, -0.1) is 0 Å². The highest BCUT2D eigenvalue weighted by atomic mass is 15.1. The van der Waals surface area contributed by atoms with Gasteiger partial charge in [-0.1, -0.05) is 46.5 Å². The van der Waals surface area contributed by atoms with E-state index in [-0.39, 0.29) is 0 Å². The monoisotopic (exact) mass is 198 g/mol. The average molecular weight is 198 g/mol. The third-order valence-electron chi connectivity index (χ3n) is 2.63. The summed E-state index contributed by atoms with van der Waals surface area (Å²) in [4.78, 5) is 2.63. The van der Waals surface area contributed by atoms with Crippen LogP contribution in [0.15, 0.2) is 0 Å². The molecule has 0 aliphatic rings. The second-order valence-corrected chi connectivity index (χ2v) is 4.11. The molecule has 0 aliphatic heterocycles. The molecule has 0 saturated carbocycles. The minimum absolute atomic E-state index is 1.09. The molecule has 0 aromatic carbocycles. The Kier molecular flexibility index (Phi) is 11.0. The van der Waals surface area contributed by atoms with Crippen LogP contribution in [-0.2, 0) is 0 Å². The topological polar surface area (TPSA) is 3.24 Å². The molecule has 1 nitrogen and oxygen atoms in total. The quantitative estimate of drug-likeness (QED) is 0.481. The molecular formula is C13H28N. The minimum atomic E-state index is 1.09. The lowest BCUT2D eigenvalue weighted by Crippen LogP contribution is -2.27. The van der Waals surface area contributed by atoms with Crippen molar-refractivity contribution in [1.29, 1.82) is 0 Å². The molecule has 0 rings (SSSR count). The molecule has 0 amide bonds. The zero-order valence-corrected chi connectivity index (χ0v) is 10.2. The van der Waals surface area contributed by atoms with Crippen LogP contribution in [0.1, 0.15) is 58.8 Å². The summed E-state index contributed by atoms with van der Waals surface area (Å²) >= 11 is 0. The fourth-order valence-corrected chi connectivity index (χ4v) is 1.61. The minimum Gasteiger partial charge on any atom is -0.303 e. The first-order valence-corrected chi connectivity index (χ1v) is 6.36. The van der Waals surface area contributed by atoms with Gasteiger partial charge in [-0.25, -0.2) is 0 Å². The molecule has 0 N–H and O–H groups in total. The fraction of sp³-hybridized carbons (Fsp3) is 0.923. The zero-order valence-electron chi connectivity index (χ0n) is 10.2. The van der Waals surface area contributed by atoms with Crippen LogP contribution in [0.2, 0.25) is 0 Å². The van der Waals surface area contributed by atoms with Crippen molar-refractivity contribution in [2.24, 2.45) is 0 Å². The molecule has 0 unspecified atom stereocenters. The normalized spacial score (nSPS) is 11.1. The molecule has 85 valence electrons. The lowest BCUT2D eigenvalue weighted by Gasteiger charge is -2.21. The zero-order chi connectivity index (χ0) is 10.6. The Hall–Kier alpha value is -0.0400. The van der Waals surface area contributed by atoms with E-state index in [2.05, 4.69) is 25.7 Å². The Labute approximate surface area is 90.9 Å². The SMILES string of the molecule is [CH2]CCCCN(CCCC)CCCC. The molecule has 0 atom stereocenters. The first kappa shape index (κ1) is 14.0. The van der Waals surface area contributed by atoms with Gasteiger partial charge in [0.1, 0.15) is 0 Å². The van der Waals surface area contributed by atoms with Crippen molar-refractivity contribution in [2.75, 3.05) is 19.6 Å². The summed E-state index contributed by atoms with van der Waals surface area (Å²) < 4.78 is 0. The van der Waals surface area contributed by atoms with E-state index in [1.165, 1.54) is 58.2 Å². The van der Waals surface area contributed by atoms with Crippen LogP contribution < -0.4 is 0 Å². The Morgan fingerprint density at radius 1 is 0.786 bits per heavy atom. The third kappa shape index (κ3) is 8.55. The average Bonchev–Trinajstić information content (AvgIpc) is 2.21. The Morgan fingerprint density at radius 3 is 1.71 bits per heavy atom. The Balaban J connectivity index is 3.49. The molecular weight excluding hydrogens is 170 g/mol. The van der Waals surface area contributed by atoms with Crippen molar-refractivity contribution < 1.29 is 0 Å². The van der Waals surface area contributed by atoms with Crippen molar-refractivity contribution in [3.05, 3.63) is 6.92 Å². The summed E-state index contributed by atoms with van der Waals surface area (Å²) in [5.41, 5.74) is 0. The molecule has 0 aromatic heterocycles. The third-order valence-corrected chi connectivity index (χ3v) is 2.63. The van der Waals surface area contributed by atoms with E-state index in [0.717, 1.165) is 6.42 Å². The van der Waals surface area contributed by atoms with Gasteiger partial charge < -0.3 is 4.90 Å². The highest BCUT2D eigenvalue weighted by Gasteiger charge is 2.02. The second kappa shape index (κ2) is 11.0. The van der Waals surface area contributed by atoms with E-state index in [9.17, 15) is 0 Å². The molecule has 0 aliphatic carbocycles. The molecule has 1 radical (unpaired) electrons. The van der Waals surface area contributed by atoms with Crippen LogP contribution in [-0.4, -0.2) is 24.5 Å². The van der Waals surface area contributed by atoms with Gasteiger partial charge in [0.25, 0.3) is 0 Å². The van der Waals surface area contributed by atoms with Crippen molar-refractivity contribution in [3.63, 3.8) is 0 Å². The number of unbranched alkanes of at least 4 members (excludes halogenated alkanes) is 4. The van der Waals surface area contributed by atoms with Gasteiger partial charge in [-0.3, -0.25) is 0 Å². The molecule has 0 saturated heterocycles. The Bertz CT molecular complexity index is 93.4. The first-order valence-electron chi connectivity index (χ1n) is 6.36. The van der Waals surface area contributed by atoms with Crippen LogP contribution in [0.4, 0.5) is 0 Å². The molecule has 0 aromatic rings.